The van der Waals surface area contributed by atoms with Gasteiger partial charge in [-0.05, 0) is 46.6 Å². The second-order valence-electron chi connectivity index (χ2n) is 5.81. The van der Waals surface area contributed by atoms with Gasteiger partial charge in [0.2, 0.25) is 0 Å². The molecule has 0 saturated heterocycles. The van der Waals surface area contributed by atoms with Crippen molar-refractivity contribution in [3.63, 3.8) is 0 Å². The predicted octanol–water partition coefficient (Wildman–Crippen LogP) is 5.60. The van der Waals surface area contributed by atoms with E-state index in [0.29, 0.717) is 6.42 Å². The third-order valence-corrected chi connectivity index (χ3v) is 3.93. The molecule has 0 aromatic carbocycles. The molecule has 0 bridgehead atoms. The van der Waals surface area contributed by atoms with E-state index >= 15 is 0 Å². The first-order valence-corrected chi connectivity index (χ1v) is 7.92. The zero-order valence-corrected chi connectivity index (χ0v) is 12.9. The van der Waals surface area contributed by atoms with Crippen molar-refractivity contribution in [3.05, 3.63) is 0 Å². The topological polar surface area (TPSA) is 98.9 Å². The summed E-state index contributed by atoms with van der Waals surface area (Å²) >= 11 is 0. The lowest BCUT2D eigenvalue weighted by Crippen LogP contribution is -2.35. The van der Waals surface area contributed by atoms with E-state index in [1.165, 1.54) is 0 Å². The van der Waals surface area contributed by atoms with Crippen LogP contribution in [0.4, 0.5) is 0 Å². The molecule has 0 N–H and O–H groups in total. The zero-order chi connectivity index (χ0) is 15.0. The largest absolute Gasteiger partial charge is 0.199 e. The van der Waals surface area contributed by atoms with E-state index in [4.69, 9.17) is 0 Å². The van der Waals surface area contributed by atoms with Crippen molar-refractivity contribution in [2.24, 2.45) is 41.4 Å². The average molecular weight is 292 g/mol. The lowest BCUT2D eigenvalue weighted by atomic mass is 9.88. The summed E-state index contributed by atoms with van der Waals surface area (Å²) in [6.07, 6.45) is 8.94. The number of nitrogens with zero attached hydrogens (tertiary/aromatic N) is 8. The van der Waals surface area contributed by atoms with Gasteiger partial charge in [0.15, 0.2) is 11.3 Å². The molecule has 0 fully saturated rings. The monoisotopic (exact) mass is 292 g/mol. The third kappa shape index (κ3) is 4.18. The number of unbranched alkanes of at least 4 members (excludes halogenated alkanes) is 4. The van der Waals surface area contributed by atoms with Crippen molar-refractivity contribution >= 4 is 0 Å². The van der Waals surface area contributed by atoms with Crippen LogP contribution in [0.25, 0.3) is 0 Å². The molecule has 0 saturated carbocycles. The number of hydrogen-bond acceptors (Lipinski definition) is 8. The van der Waals surface area contributed by atoms with Crippen LogP contribution < -0.4 is 0 Å². The Kier molecular flexibility index (Phi) is 5.58. The highest BCUT2D eigenvalue weighted by Gasteiger charge is 2.45. The predicted molar refractivity (Wildman–Crippen MR) is 77.8 cm³/mol. The van der Waals surface area contributed by atoms with E-state index in [1.54, 1.807) is 0 Å². The highest BCUT2D eigenvalue weighted by atomic mass is 15.6. The van der Waals surface area contributed by atoms with E-state index in [-0.39, 0.29) is 0 Å². The Balaban J connectivity index is 2.03. The van der Waals surface area contributed by atoms with Gasteiger partial charge in [-0.3, -0.25) is 0 Å². The SMILES string of the molecule is CCCCCC1(CC2(CCCCC)N=NN=N2)N=NN=N1. The maximum absolute atomic E-state index is 4.26. The van der Waals surface area contributed by atoms with E-state index in [1.807, 2.05) is 0 Å². The molecule has 2 rings (SSSR count). The molecule has 0 unspecified atom stereocenters. The molecule has 2 aliphatic rings. The molecule has 0 amide bonds. The van der Waals surface area contributed by atoms with Crippen molar-refractivity contribution in [2.45, 2.75) is 83.0 Å². The Morgan fingerprint density at radius 1 is 0.571 bits per heavy atom. The Morgan fingerprint density at radius 2 is 0.952 bits per heavy atom. The molecular formula is C13H24N8. The Morgan fingerprint density at radius 3 is 1.29 bits per heavy atom. The molecule has 21 heavy (non-hydrogen) atoms. The van der Waals surface area contributed by atoms with Crippen molar-refractivity contribution in [3.8, 4) is 0 Å². The highest BCUT2D eigenvalue weighted by molar-refractivity contribution is 4.97. The Hall–Kier alpha value is -1.60. The van der Waals surface area contributed by atoms with Crippen molar-refractivity contribution in [1.29, 1.82) is 0 Å². The molecule has 0 aromatic heterocycles. The minimum Gasteiger partial charge on any atom is -0.135 e. The summed E-state index contributed by atoms with van der Waals surface area (Å²) in [6.45, 7) is 4.35. The first-order chi connectivity index (χ1) is 10.2. The van der Waals surface area contributed by atoms with Gasteiger partial charge in [0.05, 0.1) is 0 Å². The maximum Gasteiger partial charge on any atom is 0.199 e. The molecule has 2 aliphatic heterocycles. The molecular weight excluding hydrogens is 268 g/mol. The number of rotatable bonds is 10. The van der Waals surface area contributed by atoms with Gasteiger partial charge in [-0.2, -0.15) is 0 Å². The zero-order valence-electron chi connectivity index (χ0n) is 12.9. The van der Waals surface area contributed by atoms with Crippen molar-refractivity contribution in [2.75, 3.05) is 0 Å². The van der Waals surface area contributed by atoms with Gasteiger partial charge in [-0.1, -0.05) is 39.5 Å². The van der Waals surface area contributed by atoms with Crippen LogP contribution in [0.3, 0.4) is 0 Å². The molecule has 2 heterocycles. The second-order valence-corrected chi connectivity index (χ2v) is 5.81. The van der Waals surface area contributed by atoms with Crippen LogP contribution in [0.1, 0.15) is 71.6 Å². The van der Waals surface area contributed by atoms with Crippen LogP contribution in [-0.4, -0.2) is 11.3 Å². The molecule has 0 atom stereocenters. The highest BCUT2D eigenvalue weighted by Crippen LogP contribution is 2.41. The minimum atomic E-state index is -0.621. The smallest absolute Gasteiger partial charge is 0.135 e. The van der Waals surface area contributed by atoms with Gasteiger partial charge in [0, 0.05) is 6.42 Å². The lowest BCUT2D eigenvalue weighted by molar-refractivity contribution is 0.251. The molecule has 116 valence electrons. The fourth-order valence-corrected chi connectivity index (χ4v) is 2.74. The van der Waals surface area contributed by atoms with Crippen LogP contribution in [0.15, 0.2) is 41.4 Å². The van der Waals surface area contributed by atoms with Crippen LogP contribution in [0.5, 0.6) is 0 Å². The standard InChI is InChI=1S/C13H24N8/c1-3-5-7-9-12(14-18-19-15-12)11-13(10-8-6-4-2)16-20-21-17-13/h3-11H2,1-2H3. The molecule has 0 aromatic rings. The van der Waals surface area contributed by atoms with Crippen LogP contribution in [0, 0.1) is 0 Å². The summed E-state index contributed by atoms with van der Waals surface area (Å²) in [5.41, 5.74) is -1.24. The summed E-state index contributed by atoms with van der Waals surface area (Å²) in [7, 11) is 0. The van der Waals surface area contributed by atoms with E-state index in [2.05, 4.69) is 55.2 Å². The summed E-state index contributed by atoms with van der Waals surface area (Å²) in [5.74, 6) is 0. The van der Waals surface area contributed by atoms with Gasteiger partial charge in [0.1, 0.15) is 0 Å². The summed E-state index contributed by atoms with van der Waals surface area (Å²) in [4.78, 5) is 0. The van der Waals surface area contributed by atoms with Crippen LogP contribution >= 0.6 is 0 Å². The van der Waals surface area contributed by atoms with E-state index in [0.717, 1.165) is 51.4 Å². The maximum atomic E-state index is 4.26. The summed E-state index contributed by atoms with van der Waals surface area (Å²) < 4.78 is 0. The molecule has 0 spiro atoms. The normalized spacial score (nSPS) is 20.7. The first kappa shape index (κ1) is 15.8. The third-order valence-electron chi connectivity index (χ3n) is 3.93. The lowest BCUT2D eigenvalue weighted by Gasteiger charge is -2.27. The Labute approximate surface area is 125 Å². The van der Waals surface area contributed by atoms with E-state index < -0.39 is 11.3 Å². The quantitative estimate of drug-likeness (QED) is 0.468. The van der Waals surface area contributed by atoms with Crippen molar-refractivity contribution < 1.29 is 0 Å². The molecule has 8 nitrogen and oxygen atoms in total. The second kappa shape index (κ2) is 7.42. The van der Waals surface area contributed by atoms with Crippen LogP contribution in [0.2, 0.25) is 0 Å². The fourth-order valence-electron chi connectivity index (χ4n) is 2.74. The first-order valence-electron chi connectivity index (χ1n) is 7.92. The summed E-state index contributed by atoms with van der Waals surface area (Å²) in [6, 6.07) is 0. The van der Waals surface area contributed by atoms with Crippen molar-refractivity contribution in [1.82, 2.24) is 0 Å². The van der Waals surface area contributed by atoms with Gasteiger partial charge in [0.25, 0.3) is 0 Å². The van der Waals surface area contributed by atoms with Crippen LogP contribution in [-0.2, 0) is 0 Å². The molecule has 0 aliphatic carbocycles. The Bertz CT molecular complexity index is 375. The van der Waals surface area contributed by atoms with Gasteiger partial charge >= 0.3 is 0 Å². The van der Waals surface area contributed by atoms with Gasteiger partial charge in [-0.25, -0.2) is 0 Å². The minimum absolute atomic E-state index is 0.563. The van der Waals surface area contributed by atoms with Gasteiger partial charge in [-0.15, -0.1) is 20.5 Å². The summed E-state index contributed by atoms with van der Waals surface area (Å²) in [5, 5.41) is 32.0. The average Bonchev–Trinajstić information content (AvgIpc) is 3.11. The molecule has 8 heteroatoms. The van der Waals surface area contributed by atoms with Gasteiger partial charge < -0.3 is 0 Å². The van der Waals surface area contributed by atoms with E-state index in [9.17, 15) is 0 Å². The molecule has 0 radical (unpaired) electrons. The number of hydrogen-bond donors (Lipinski definition) is 0. The fraction of sp³-hybridized carbons (Fsp3) is 1.00.